The molecule has 0 aromatic rings. The van der Waals surface area contributed by atoms with Crippen molar-refractivity contribution in [3.8, 4) is 0 Å². The molecular formula is C9H18O4. The van der Waals surface area contributed by atoms with Crippen LogP contribution in [0.2, 0.25) is 0 Å². The highest BCUT2D eigenvalue weighted by Crippen LogP contribution is 2.04. The Morgan fingerprint density at radius 1 is 1.38 bits per heavy atom. The van der Waals surface area contributed by atoms with Crippen LogP contribution in [0.15, 0.2) is 0 Å². The molecule has 13 heavy (non-hydrogen) atoms. The molecule has 0 saturated heterocycles. The van der Waals surface area contributed by atoms with Crippen LogP contribution < -0.4 is 0 Å². The molecule has 1 N–H and O–H groups in total. The van der Waals surface area contributed by atoms with Gasteiger partial charge in [0.1, 0.15) is 0 Å². The van der Waals surface area contributed by atoms with Gasteiger partial charge in [-0.25, -0.2) is 0 Å². The van der Waals surface area contributed by atoms with Gasteiger partial charge in [-0.2, -0.15) is 0 Å². The van der Waals surface area contributed by atoms with Crippen LogP contribution in [0.4, 0.5) is 0 Å². The van der Waals surface area contributed by atoms with E-state index in [4.69, 9.17) is 14.6 Å². The second kappa shape index (κ2) is 8.01. The molecule has 0 aliphatic heterocycles. The lowest BCUT2D eigenvalue weighted by molar-refractivity contribution is -0.141. The van der Waals surface area contributed by atoms with Crippen molar-refractivity contribution < 1.29 is 19.4 Å². The Bertz CT molecular complexity index is 136. The number of rotatable bonds is 8. The van der Waals surface area contributed by atoms with E-state index in [1.54, 1.807) is 14.0 Å². The molecule has 0 aliphatic rings. The fourth-order valence-electron chi connectivity index (χ4n) is 0.859. The van der Waals surface area contributed by atoms with Crippen molar-refractivity contribution in [1.82, 2.24) is 0 Å². The predicted molar refractivity (Wildman–Crippen MR) is 48.7 cm³/mol. The second-order valence-corrected chi connectivity index (χ2v) is 2.99. The van der Waals surface area contributed by atoms with Crippen molar-refractivity contribution in [3.63, 3.8) is 0 Å². The van der Waals surface area contributed by atoms with Gasteiger partial charge in [0, 0.05) is 13.7 Å². The van der Waals surface area contributed by atoms with E-state index in [1.165, 1.54) is 0 Å². The van der Waals surface area contributed by atoms with Gasteiger partial charge in [-0.1, -0.05) is 6.92 Å². The third kappa shape index (κ3) is 7.74. The normalized spacial score (nSPS) is 12.8. The Balaban J connectivity index is 3.11. The van der Waals surface area contributed by atoms with Crippen molar-refractivity contribution in [2.24, 2.45) is 5.92 Å². The van der Waals surface area contributed by atoms with Gasteiger partial charge in [0.15, 0.2) is 0 Å². The van der Waals surface area contributed by atoms with E-state index >= 15 is 0 Å². The highest BCUT2D eigenvalue weighted by molar-refractivity contribution is 5.69. The van der Waals surface area contributed by atoms with Gasteiger partial charge in [-0.15, -0.1) is 0 Å². The molecule has 0 aromatic heterocycles. The summed E-state index contributed by atoms with van der Waals surface area (Å²) in [6.07, 6.45) is 1.46. The van der Waals surface area contributed by atoms with Crippen molar-refractivity contribution in [1.29, 1.82) is 0 Å². The maximum atomic E-state index is 10.4. The highest BCUT2D eigenvalue weighted by Gasteiger charge is 2.09. The van der Waals surface area contributed by atoms with Crippen molar-refractivity contribution in [3.05, 3.63) is 0 Å². The summed E-state index contributed by atoms with van der Waals surface area (Å²) < 4.78 is 9.97. The monoisotopic (exact) mass is 190 g/mol. The maximum Gasteiger partial charge on any atom is 0.306 e. The summed E-state index contributed by atoms with van der Waals surface area (Å²) >= 11 is 0. The fraction of sp³-hybridized carbons (Fsp3) is 0.889. The zero-order chi connectivity index (χ0) is 10.1. The zero-order valence-corrected chi connectivity index (χ0v) is 8.28. The van der Waals surface area contributed by atoms with Crippen molar-refractivity contribution >= 4 is 5.97 Å². The molecule has 0 heterocycles. The Morgan fingerprint density at radius 3 is 2.62 bits per heavy atom. The lowest BCUT2D eigenvalue weighted by Crippen LogP contribution is -2.11. The number of aliphatic carboxylic acids is 1. The van der Waals surface area contributed by atoms with Crippen LogP contribution in [0.5, 0.6) is 0 Å². The lowest BCUT2D eigenvalue weighted by Gasteiger charge is -2.06. The minimum Gasteiger partial charge on any atom is -0.481 e. The molecule has 0 fully saturated rings. The van der Waals surface area contributed by atoms with E-state index in [0.29, 0.717) is 26.2 Å². The standard InChI is InChI=1S/C9H18O4/c1-8(9(10)11)4-3-5-13-7-6-12-2/h8H,3-7H2,1-2H3,(H,10,11). The van der Waals surface area contributed by atoms with Gasteiger partial charge in [0.25, 0.3) is 0 Å². The van der Waals surface area contributed by atoms with Crippen LogP contribution in [-0.4, -0.2) is 38.0 Å². The minimum atomic E-state index is -0.739. The highest BCUT2D eigenvalue weighted by atomic mass is 16.5. The van der Waals surface area contributed by atoms with E-state index in [9.17, 15) is 4.79 Å². The number of hydrogen-bond acceptors (Lipinski definition) is 3. The zero-order valence-electron chi connectivity index (χ0n) is 8.28. The minimum absolute atomic E-state index is 0.272. The lowest BCUT2D eigenvalue weighted by atomic mass is 10.1. The van der Waals surface area contributed by atoms with E-state index in [1.807, 2.05) is 0 Å². The molecule has 0 aromatic carbocycles. The molecule has 4 heteroatoms. The molecule has 1 atom stereocenters. The summed E-state index contributed by atoms with van der Waals surface area (Å²) in [6, 6.07) is 0. The number of carbonyl (C=O) groups is 1. The molecular weight excluding hydrogens is 172 g/mol. The first-order valence-corrected chi connectivity index (χ1v) is 4.48. The SMILES string of the molecule is COCCOCCCC(C)C(=O)O. The average molecular weight is 190 g/mol. The Hall–Kier alpha value is -0.610. The van der Waals surface area contributed by atoms with Gasteiger partial charge in [-0.3, -0.25) is 4.79 Å². The van der Waals surface area contributed by atoms with E-state index in [0.717, 1.165) is 6.42 Å². The number of hydrogen-bond donors (Lipinski definition) is 1. The molecule has 0 rings (SSSR count). The van der Waals surface area contributed by atoms with Gasteiger partial charge >= 0.3 is 5.97 Å². The average Bonchev–Trinajstić information content (AvgIpc) is 2.10. The predicted octanol–water partition coefficient (Wildman–Crippen LogP) is 1.15. The quantitative estimate of drug-likeness (QED) is 0.583. The molecule has 0 saturated carbocycles. The largest absolute Gasteiger partial charge is 0.481 e. The summed E-state index contributed by atoms with van der Waals surface area (Å²) in [5.41, 5.74) is 0. The molecule has 0 amide bonds. The Labute approximate surface area is 78.8 Å². The summed E-state index contributed by atoms with van der Waals surface area (Å²) in [7, 11) is 1.62. The summed E-state index contributed by atoms with van der Waals surface area (Å²) in [6.45, 7) is 3.49. The van der Waals surface area contributed by atoms with Gasteiger partial charge in [-0.05, 0) is 12.8 Å². The smallest absolute Gasteiger partial charge is 0.306 e. The van der Waals surface area contributed by atoms with Crippen LogP contribution in [0, 0.1) is 5.92 Å². The maximum absolute atomic E-state index is 10.4. The molecule has 4 nitrogen and oxygen atoms in total. The van der Waals surface area contributed by atoms with Crippen LogP contribution in [-0.2, 0) is 14.3 Å². The van der Waals surface area contributed by atoms with Crippen LogP contribution >= 0.6 is 0 Å². The second-order valence-electron chi connectivity index (χ2n) is 2.99. The molecule has 0 bridgehead atoms. The number of methoxy groups -OCH3 is 1. The van der Waals surface area contributed by atoms with Crippen LogP contribution in [0.25, 0.3) is 0 Å². The topological polar surface area (TPSA) is 55.8 Å². The summed E-state index contributed by atoms with van der Waals surface area (Å²) in [4.78, 5) is 10.4. The molecule has 0 aliphatic carbocycles. The third-order valence-corrected chi connectivity index (χ3v) is 1.78. The molecule has 78 valence electrons. The summed E-state index contributed by atoms with van der Waals surface area (Å²) in [5.74, 6) is -1.01. The van der Waals surface area contributed by atoms with Gasteiger partial charge in [0.05, 0.1) is 19.1 Å². The first-order valence-electron chi connectivity index (χ1n) is 4.48. The van der Waals surface area contributed by atoms with E-state index < -0.39 is 5.97 Å². The van der Waals surface area contributed by atoms with Crippen molar-refractivity contribution in [2.75, 3.05) is 26.9 Å². The third-order valence-electron chi connectivity index (χ3n) is 1.78. The van der Waals surface area contributed by atoms with Crippen molar-refractivity contribution in [2.45, 2.75) is 19.8 Å². The van der Waals surface area contributed by atoms with Crippen LogP contribution in [0.1, 0.15) is 19.8 Å². The summed E-state index contributed by atoms with van der Waals surface area (Å²) in [5, 5.41) is 8.56. The van der Waals surface area contributed by atoms with Gasteiger partial charge < -0.3 is 14.6 Å². The molecule has 0 radical (unpaired) electrons. The first-order chi connectivity index (χ1) is 6.18. The van der Waals surface area contributed by atoms with E-state index in [-0.39, 0.29) is 5.92 Å². The number of carboxylic acids is 1. The number of carboxylic acid groups (broad SMARTS) is 1. The van der Waals surface area contributed by atoms with E-state index in [2.05, 4.69) is 0 Å². The van der Waals surface area contributed by atoms with Gasteiger partial charge in [0.2, 0.25) is 0 Å². The Morgan fingerprint density at radius 2 is 2.08 bits per heavy atom. The molecule has 1 unspecified atom stereocenters. The van der Waals surface area contributed by atoms with Crippen LogP contribution in [0.3, 0.4) is 0 Å². The molecule has 0 spiro atoms. The Kier molecular flexibility index (Phi) is 7.63. The fourth-order valence-corrected chi connectivity index (χ4v) is 0.859. The first kappa shape index (κ1) is 12.4. The number of ether oxygens (including phenoxy) is 2.